The molecular formula is C41H26N2O2. The minimum Gasteiger partial charge on any atom is -0.456 e. The molecule has 0 amide bonds. The van der Waals surface area contributed by atoms with E-state index in [1.54, 1.807) is 0 Å². The molecular weight excluding hydrogens is 552 g/mol. The van der Waals surface area contributed by atoms with Crippen molar-refractivity contribution in [1.29, 1.82) is 0 Å². The molecule has 0 saturated carbocycles. The maximum Gasteiger partial charge on any atom is 0.137 e. The summed E-state index contributed by atoms with van der Waals surface area (Å²) in [4.78, 5) is 7.19. The molecule has 0 atom stereocenters. The zero-order valence-electron chi connectivity index (χ0n) is 24.2. The van der Waals surface area contributed by atoms with Crippen LogP contribution >= 0.6 is 0 Å². The van der Waals surface area contributed by atoms with Gasteiger partial charge in [0.1, 0.15) is 28.1 Å². The second kappa shape index (κ2) is 10.2. The summed E-state index contributed by atoms with van der Waals surface area (Å²) in [7, 11) is 0. The van der Waals surface area contributed by atoms with Gasteiger partial charge in [-0.25, -0.2) is 4.98 Å². The highest BCUT2D eigenvalue weighted by molar-refractivity contribution is 6.08. The van der Waals surface area contributed by atoms with E-state index in [-0.39, 0.29) is 0 Å². The van der Waals surface area contributed by atoms with Crippen LogP contribution in [0.4, 0.5) is 17.2 Å². The number of para-hydroxylation sites is 2. The fourth-order valence-electron chi connectivity index (χ4n) is 6.30. The molecule has 3 heterocycles. The summed E-state index contributed by atoms with van der Waals surface area (Å²) < 4.78 is 12.4. The standard InChI is InChI=1S/C41H26N2O2/c1-2-8-27(9-3-1)28-14-16-29(17-15-28)30-18-23-41(42-26-30)43(31-20-22-39-36(24-31)34-11-5-7-13-38(34)44-39)32-19-21-35-33-10-4-6-12-37(33)45-40(35)25-32/h1-26H. The van der Waals surface area contributed by atoms with Crippen molar-refractivity contribution in [3.63, 3.8) is 0 Å². The van der Waals surface area contributed by atoms with Crippen molar-refractivity contribution in [1.82, 2.24) is 4.98 Å². The molecule has 0 fully saturated rings. The van der Waals surface area contributed by atoms with E-state index in [4.69, 9.17) is 13.8 Å². The molecule has 6 aromatic carbocycles. The lowest BCUT2D eigenvalue weighted by Crippen LogP contribution is -2.11. The molecule has 0 unspecified atom stereocenters. The normalized spacial score (nSPS) is 11.6. The quantitative estimate of drug-likeness (QED) is 0.204. The van der Waals surface area contributed by atoms with Gasteiger partial charge in [-0.2, -0.15) is 0 Å². The zero-order valence-corrected chi connectivity index (χ0v) is 24.2. The lowest BCUT2D eigenvalue weighted by atomic mass is 10.0. The fourth-order valence-corrected chi connectivity index (χ4v) is 6.30. The third-order valence-corrected chi connectivity index (χ3v) is 8.54. The Bertz CT molecular complexity index is 2470. The van der Waals surface area contributed by atoms with Crippen LogP contribution in [0.15, 0.2) is 167 Å². The number of anilines is 3. The first-order chi connectivity index (χ1) is 22.3. The van der Waals surface area contributed by atoms with Gasteiger partial charge in [-0.1, -0.05) is 91.0 Å². The molecule has 0 spiro atoms. The van der Waals surface area contributed by atoms with Crippen molar-refractivity contribution in [2.45, 2.75) is 0 Å². The van der Waals surface area contributed by atoms with Crippen LogP contribution in [0.1, 0.15) is 0 Å². The van der Waals surface area contributed by atoms with E-state index >= 15 is 0 Å². The van der Waals surface area contributed by atoms with Gasteiger partial charge in [0.05, 0.1) is 5.69 Å². The van der Waals surface area contributed by atoms with Gasteiger partial charge in [0, 0.05) is 45.1 Å². The SMILES string of the molecule is c1ccc(-c2ccc(-c3ccc(N(c4ccc5c(c4)oc4ccccc45)c4ccc5oc6ccccc6c5c4)nc3)cc2)cc1. The highest BCUT2D eigenvalue weighted by atomic mass is 16.3. The number of rotatable bonds is 5. The summed E-state index contributed by atoms with van der Waals surface area (Å²) in [6, 6.07) is 52.3. The smallest absolute Gasteiger partial charge is 0.137 e. The van der Waals surface area contributed by atoms with Crippen LogP contribution in [0, 0.1) is 0 Å². The number of aromatic nitrogens is 1. The number of nitrogens with zero attached hydrogens (tertiary/aromatic N) is 2. The Morgan fingerprint density at radius 3 is 1.64 bits per heavy atom. The van der Waals surface area contributed by atoms with Gasteiger partial charge >= 0.3 is 0 Å². The molecule has 9 aromatic rings. The summed E-state index contributed by atoms with van der Waals surface area (Å²) >= 11 is 0. The Kier molecular flexibility index (Phi) is 5.78. The Labute approximate surface area is 259 Å². The van der Waals surface area contributed by atoms with E-state index in [9.17, 15) is 0 Å². The Balaban J connectivity index is 1.15. The average molecular weight is 579 g/mol. The lowest BCUT2D eigenvalue weighted by Gasteiger charge is -2.24. The molecule has 0 aliphatic heterocycles. The number of furan rings is 2. The molecule has 0 bridgehead atoms. The fraction of sp³-hybridized carbons (Fsp3) is 0. The van der Waals surface area contributed by atoms with Crippen LogP contribution in [0.2, 0.25) is 0 Å². The van der Waals surface area contributed by atoms with Gasteiger partial charge in [0.2, 0.25) is 0 Å². The molecule has 3 aromatic heterocycles. The topological polar surface area (TPSA) is 42.4 Å². The van der Waals surface area contributed by atoms with Crippen molar-refractivity contribution < 1.29 is 8.83 Å². The van der Waals surface area contributed by atoms with E-state index < -0.39 is 0 Å². The van der Waals surface area contributed by atoms with Gasteiger partial charge < -0.3 is 8.83 Å². The van der Waals surface area contributed by atoms with E-state index in [2.05, 4.69) is 108 Å². The molecule has 0 N–H and O–H groups in total. The maximum atomic E-state index is 6.29. The van der Waals surface area contributed by atoms with Crippen molar-refractivity contribution in [3.05, 3.63) is 158 Å². The first-order valence-electron chi connectivity index (χ1n) is 15.0. The van der Waals surface area contributed by atoms with Crippen molar-refractivity contribution in [2.75, 3.05) is 4.90 Å². The average Bonchev–Trinajstić information content (AvgIpc) is 3.67. The minimum absolute atomic E-state index is 0.808. The molecule has 45 heavy (non-hydrogen) atoms. The van der Waals surface area contributed by atoms with E-state index in [1.165, 1.54) is 11.1 Å². The van der Waals surface area contributed by atoms with Gasteiger partial charge in [-0.3, -0.25) is 4.90 Å². The number of pyridine rings is 1. The number of benzene rings is 6. The maximum absolute atomic E-state index is 6.29. The second-order valence-corrected chi connectivity index (χ2v) is 11.2. The van der Waals surface area contributed by atoms with Gasteiger partial charge in [-0.15, -0.1) is 0 Å². The molecule has 0 aliphatic carbocycles. The Morgan fingerprint density at radius 2 is 0.911 bits per heavy atom. The Morgan fingerprint density at radius 1 is 0.378 bits per heavy atom. The van der Waals surface area contributed by atoms with Crippen LogP contribution < -0.4 is 4.90 Å². The monoisotopic (exact) mass is 578 g/mol. The predicted octanol–water partition coefficient (Wildman–Crippen LogP) is 11.7. The van der Waals surface area contributed by atoms with E-state index in [0.29, 0.717) is 0 Å². The minimum atomic E-state index is 0.808. The molecule has 4 nitrogen and oxygen atoms in total. The second-order valence-electron chi connectivity index (χ2n) is 11.2. The van der Waals surface area contributed by atoms with Crippen molar-refractivity contribution in [3.8, 4) is 22.3 Å². The van der Waals surface area contributed by atoms with Crippen molar-refractivity contribution in [2.24, 2.45) is 0 Å². The molecule has 0 radical (unpaired) electrons. The lowest BCUT2D eigenvalue weighted by molar-refractivity contribution is 0.668. The van der Waals surface area contributed by atoms with Crippen LogP contribution in [0.25, 0.3) is 66.1 Å². The van der Waals surface area contributed by atoms with Crippen LogP contribution in [-0.2, 0) is 0 Å². The molecule has 0 saturated heterocycles. The van der Waals surface area contributed by atoms with E-state index in [0.717, 1.165) is 72.2 Å². The zero-order chi connectivity index (χ0) is 29.7. The van der Waals surface area contributed by atoms with Gasteiger partial charge in [0.15, 0.2) is 0 Å². The van der Waals surface area contributed by atoms with E-state index in [1.807, 2.05) is 54.7 Å². The summed E-state index contributed by atoms with van der Waals surface area (Å²) in [5.41, 5.74) is 9.97. The molecule has 4 heteroatoms. The first-order valence-corrected chi connectivity index (χ1v) is 15.0. The number of hydrogen-bond donors (Lipinski definition) is 0. The summed E-state index contributed by atoms with van der Waals surface area (Å²) in [5, 5.41) is 4.35. The third-order valence-electron chi connectivity index (χ3n) is 8.54. The number of fused-ring (bicyclic) bond motifs is 6. The molecule has 0 aliphatic rings. The highest BCUT2D eigenvalue weighted by Gasteiger charge is 2.18. The van der Waals surface area contributed by atoms with Crippen LogP contribution in [0.5, 0.6) is 0 Å². The summed E-state index contributed by atoms with van der Waals surface area (Å²) in [5.74, 6) is 0.808. The van der Waals surface area contributed by atoms with Gasteiger partial charge in [-0.05, 0) is 71.3 Å². The Hall–Kier alpha value is -6.13. The third kappa shape index (κ3) is 4.35. The summed E-state index contributed by atoms with van der Waals surface area (Å²) in [6.45, 7) is 0. The van der Waals surface area contributed by atoms with Gasteiger partial charge in [0.25, 0.3) is 0 Å². The molecule has 9 rings (SSSR count). The van der Waals surface area contributed by atoms with Crippen molar-refractivity contribution >= 4 is 61.1 Å². The first kappa shape index (κ1) is 25.4. The largest absolute Gasteiger partial charge is 0.456 e. The predicted molar refractivity (Wildman–Crippen MR) is 184 cm³/mol. The summed E-state index contributed by atoms with van der Waals surface area (Å²) in [6.07, 6.45) is 1.95. The van der Waals surface area contributed by atoms with Crippen LogP contribution in [0.3, 0.4) is 0 Å². The highest BCUT2D eigenvalue weighted by Crippen LogP contribution is 2.40. The molecule has 212 valence electrons. The number of hydrogen-bond acceptors (Lipinski definition) is 4. The van der Waals surface area contributed by atoms with Crippen LogP contribution in [-0.4, -0.2) is 4.98 Å².